The summed E-state index contributed by atoms with van der Waals surface area (Å²) in [6.45, 7) is 1.09. The Morgan fingerprint density at radius 1 is 1.58 bits per heavy atom. The fourth-order valence-corrected chi connectivity index (χ4v) is 1.95. The molecule has 1 atom stereocenters. The van der Waals surface area contributed by atoms with Crippen molar-refractivity contribution >= 4 is 13.9 Å². The van der Waals surface area contributed by atoms with E-state index < -0.39 is 26.8 Å². The SMILES string of the molecule is Cc1ncc(COP(=O)(O)O)c2c1OC(=O)NC2O. The molecule has 0 saturated carbocycles. The predicted molar refractivity (Wildman–Crippen MR) is 59.9 cm³/mol. The molecule has 0 aliphatic carbocycles. The van der Waals surface area contributed by atoms with Crippen LogP contribution in [0, 0.1) is 6.92 Å². The second-order valence-electron chi connectivity index (χ2n) is 3.81. The molecule has 1 aliphatic heterocycles. The first-order valence-corrected chi connectivity index (χ1v) is 6.66. The zero-order valence-corrected chi connectivity index (χ0v) is 10.6. The Hall–Kier alpha value is -1.51. The highest BCUT2D eigenvalue weighted by Crippen LogP contribution is 2.39. The highest BCUT2D eigenvalue weighted by Gasteiger charge is 2.30. The molecular formula is C9H11N2O7P. The molecule has 0 saturated heterocycles. The largest absolute Gasteiger partial charge is 0.469 e. The minimum atomic E-state index is -4.65. The van der Waals surface area contributed by atoms with Crippen molar-refractivity contribution in [2.24, 2.45) is 0 Å². The van der Waals surface area contributed by atoms with E-state index in [0.717, 1.165) is 0 Å². The normalized spacial score (nSPS) is 18.5. The van der Waals surface area contributed by atoms with Crippen LogP contribution in [0.3, 0.4) is 0 Å². The number of rotatable bonds is 3. The van der Waals surface area contributed by atoms with Gasteiger partial charge in [-0.15, -0.1) is 0 Å². The lowest BCUT2D eigenvalue weighted by Gasteiger charge is -2.25. The van der Waals surface area contributed by atoms with E-state index in [1.165, 1.54) is 6.20 Å². The van der Waals surface area contributed by atoms with Gasteiger partial charge in [-0.3, -0.25) is 14.8 Å². The third-order valence-corrected chi connectivity index (χ3v) is 2.91. The third-order valence-electron chi connectivity index (χ3n) is 2.44. The number of pyridine rings is 1. The van der Waals surface area contributed by atoms with Gasteiger partial charge in [-0.25, -0.2) is 9.36 Å². The number of amides is 1. The Balaban J connectivity index is 2.39. The van der Waals surface area contributed by atoms with E-state index in [4.69, 9.17) is 14.5 Å². The standard InChI is InChI=1S/C9H11N2O7P/c1-4-7-6(8(12)11-9(13)18-7)5(2-10-4)3-17-19(14,15)16/h2,8,12H,3H2,1H3,(H,11,13)(H2,14,15,16). The Kier molecular flexibility index (Phi) is 3.57. The van der Waals surface area contributed by atoms with Crippen molar-refractivity contribution in [1.29, 1.82) is 0 Å². The molecule has 4 N–H and O–H groups in total. The first-order chi connectivity index (χ1) is 8.78. The van der Waals surface area contributed by atoms with Gasteiger partial charge in [0.15, 0.2) is 12.0 Å². The van der Waals surface area contributed by atoms with Crippen LogP contribution in [-0.2, 0) is 15.7 Å². The number of aryl methyl sites for hydroxylation is 1. The van der Waals surface area contributed by atoms with E-state index in [1.807, 2.05) is 0 Å². The Morgan fingerprint density at radius 2 is 2.26 bits per heavy atom. The van der Waals surface area contributed by atoms with Crippen LogP contribution in [0.4, 0.5) is 4.79 Å². The lowest BCUT2D eigenvalue weighted by Crippen LogP contribution is -2.37. The molecule has 19 heavy (non-hydrogen) atoms. The predicted octanol–water partition coefficient (Wildman–Crippen LogP) is 0.0922. The number of hydrogen-bond donors (Lipinski definition) is 4. The van der Waals surface area contributed by atoms with Crippen molar-refractivity contribution in [1.82, 2.24) is 10.3 Å². The second kappa shape index (κ2) is 4.87. The lowest BCUT2D eigenvalue weighted by atomic mass is 10.1. The van der Waals surface area contributed by atoms with Crippen LogP contribution in [0.1, 0.15) is 23.0 Å². The zero-order chi connectivity index (χ0) is 14.2. The van der Waals surface area contributed by atoms with E-state index in [0.29, 0.717) is 5.69 Å². The number of phosphoric acid groups is 1. The number of aliphatic hydroxyl groups excluding tert-OH is 1. The molecule has 1 aromatic heterocycles. The van der Waals surface area contributed by atoms with E-state index >= 15 is 0 Å². The first-order valence-electron chi connectivity index (χ1n) is 5.13. The summed E-state index contributed by atoms with van der Waals surface area (Å²) in [5.74, 6) is 0.0584. The summed E-state index contributed by atoms with van der Waals surface area (Å²) in [6, 6.07) is 0. The van der Waals surface area contributed by atoms with Gasteiger partial charge in [-0.05, 0) is 6.92 Å². The lowest BCUT2D eigenvalue weighted by molar-refractivity contribution is 0.104. The monoisotopic (exact) mass is 290 g/mol. The van der Waals surface area contributed by atoms with Crippen molar-refractivity contribution < 1.29 is 33.5 Å². The van der Waals surface area contributed by atoms with Gasteiger partial charge < -0.3 is 19.6 Å². The highest BCUT2D eigenvalue weighted by atomic mass is 31.2. The molecule has 1 amide bonds. The molecule has 2 rings (SSSR count). The molecule has 104 valence electrons. The maximum absolute atomic E-state index is 11.1. The topological polar surface area (TPSA) is 138 Å². The summed E-state index contributed by atoms with van der Waals surface area (Å²) >= 11 is 0. The van der Waals surface area contributed by atoms with Gasteiger partial charge in [-0.2, -0.15) is 0 Å². The van der Waals surface area contributed by atoms with E-state index in [9.17, 15) is 14.5 Å². The maximum Gasteiger partial charge on any atom is 0.469 e. The number of phosphoric ester groups is 1. The quantitative estimate of drug-likeness (QED) is 0.574. The van der Waals surface area contributed by atoms with Crippen molar-refractivity contribution in [3.8, 4) is 5.75 Å². The average molecular weight is 290 g/mol. The molecule has 9 nitrogen and oxygen atoms in total. The van der Waals surface area contributed by atoms with Crippen LogP contribution in [0.25, 0.3) is 0 Å². The number of carbonyl (C=O) groups is 1. The minimum absolute atomic E-state index is 0.0584. The molecule has 1 aliphatic rings. The van der Waals surface area contributed by atoms with Crippen molar-refractivity contribution in [3.05, 3.63) is 23.0 Å². The van der Waals surface area contributed by atoms with Crippen LogP contribution < -0.4 is 10.1 Å². The summed E-state index contributed by atoms with van der Waals surface area (Å²) in [4.78, 5) is 32.4. The Bertz CT molecular complexity index is 570. The molecule has 1 unspecified atom stereocenters. The van der Waals surface area contributed by atoms with Crippen molar-refractivity contribution in [3.63, 3.8) is 0 Å². The fraction of sp³-hybridized carbons (Fsp3) is 0.333. The summed E-state index contributed by atoms with van der Waals surface area (Å²) < 4.78 is 19.9. The van der Waals surface area contributed by atoms with Crippen LogP contribution in [0.2, 0.25) is 0 Å². The van der Waals surface area contributed by atoms with Crippen molar-refractivity contribution in [2.75, 3.05) is 0 Å². The zero-order valence-electron chi connectivity index (χ0n) is 9.73. The number of aliphatic hydroxyl groups is 1. The minimum Gasteiger partial charge on any atom is -0.408 e. The number of fused-ring (bicyclic) bond motifs is 1. The first kappa shape index (κ1) is 13.9. The van der Waals surface area contributed by atoms with Gasteiger partial charge in [0.1, 0.15) is 0 Å². The number of aromatic nitrogens is 1. The molecule has 0 spiro atoms. The molecule has 2 heterocycles. The number of carbonyl (C=O) groups excluding carboxylic acids is 1. The molecule has 10 heteroatoms. The second-order valence-corrected chi connectivity index (χ2v) is 5.05. The Labute approximate surface area is 107 Å². The third kappa shape index (κ3) is 3.09. The van der Waals surface area contributed by atoms with E-state index in [-0.39, 0.29) is 16.9 Å². The van der Waals surface area contributed by atoms with Crippen LogP contribution >= 0.6 is 7.82 Å². The highest BCUT2D eigenvalue weighted by molar-refractivity contribution is 7.46. The van der Waals surface area contributed by atoms with Crippen molar-refractivity contribution in [2.45, 2.75) is 19.8 Å². The summed E-state index contributed by atoms with van der Waals surface area (Å²) in [5, 5.41) is 11.9. The molecule has 0 radical (unpaired) electrons. The molecule has 0 aromatic carbocycles. The number of hydrogen-bond acceptors (Lipinski definition) is 6. The van der Waals surface area contributed by atoms with Crippen LogP contribution in [-0.4, -0.2) is 26.0 Å². The number of nitrogens with one attached hydrogen (secondary N) is 1. The fourth-order valence-electron chi connectivity index (χ4n) is 1.65. The number of nitrogens with zero attached hydrogens (tertiary/aromatic N) is 1. The molecule has 0 fully saturated rings. The summed E-state index contributed by atoms with van der Waals surface area (Å²) in [7, 11) is -4.65. The number of ether oxygens (including phenoxy) is 1. The van der Waals surface area contributed by atoms with Gasteiger partial charge in [0.25, 0.3) is 0 Å². The van der Waals surface area contributed by atoms with Gasteiger partial charge in [0.2, 0.25) is 0 Å². The van der Waals surface area contributed by atoms with Gasteiger partial charge in [0, 0.05) is 11.8 Å². The molecular weight excluding hydrogens is 279 g/mol. The molecule has 0 bridgehead atoms. The van der Waals surface area contributed by atoms with E-state index in [2.05, 4.69) is 14.8 Å². The maximum atomic E-state index is 11.1. The molecule has 1 aromatic rings. The van der Waals surface area contributed by atoms with E-state index in [1.54, 1.807) is 6.92 Å². The van der Waals surface area contributed by atoms with Gasteiger partial charge >= 0.3 is 13.9 Å². The van der Waals surface area contributed by atoms with Crippen LogP contribution in [0.5, 0.6) is 5.75 Å². The van der Waals surface area contributed by atoms with Crippen LogP contribution in [0.15, 0.2) is 6.20 Å². The Morgan fingerprint density at radius 3 is 2.89 bits per heavy atom. The van der Waals surface area contributed by atoms with Gasteiger partial charge in [-0.1, -0.05) is 0 Å². The smallest absolute Gasteiger partial charge is 0.408 e. The van der Waals surface area contributed by atoms with Gasteiger partial charge in [0.05, 0.1) is 17.9 Å². The summed E-state index contributed by atoms with van der Waals surface area (Å²) in [5.41, 5.74) is 0.737. The average Bonchev–Trinajstić information content (AvgIpc) is 2.27. The summed E-state index contributed by atoms with van der Waals surface area (Å²) in [6.07, 6.45) is -0.903.